The first-order valence-electron chi connectivity index (χ1n) is 5.46. The molecule has 0 saturated heterocycles. The average molecular weight is 266 g/mol. The SMILES string of the molecule is Cc1oc(Cc2ccc(Cl)cc2)nc1CC(=O)O. The van der Waals surface area contributed by atoms with Crippen LogP contribution < -0.4 is 0 Å². The number of hydrogen-bond acceptors (Lipinski definition) is 3. The lowest BCUT2D eigenvalue weighted by Crippen LogP contribution is -2.01. The summed E-state index contributed by atoms with van der Waals surface area (Å²) in [6, 6.07) is 7.37. The molecule has 1 aromatic carbocycles. The maximum atomic E-state index is 10.6. The van der Waals surface area contributed by atoms with Crippen LogP contribution in [-0.4, -0.2) is 16.1 Å². The Bertz CT molecular complexity index is 560. The van der Waals surface area contributed by atoms with Crippen LogP contribution in [0.1, 0.15) is 22.9 Å². The molecule has 2 rings (SSSR count). The first kappa shape index (κ1) is 12.6. The molecule has 2 aromatic rings. The van der Waals surface area contributed by atoms with Crippen molar-refractivity contribution in [3.05, 3.63) is 52.2 Å². The predicted molar refractivity (Wildman–Crippen MR) is 66.8 cm³/mol. The van der Waals surface area contributed by atoms with Gasteiger partial charge in [-0.25, -0.2) is 4.98 Å². The fraction of sp³-hybridized carbons (Fsp3) is 0.231. The molecule has 1 heterocycles. The summed E-state index contributed by atoms with van der Waals surface area (Å²) >= 11 is 5.80. The number of carbonyl (C=O) groups is 1. The topological polar surface area (TPSA) is 63.3 Å². The van der Waals surface area contributed by atoms with Gasteiger partial charge in [0.25, 0.3) is 0 Å². The molecule has 0 spiro atoms. The Labute approximate surface area is 109 Å². The zero-order valence-corrected chi connectivity index (χ0v) is 10.6. The van der Waals surface area contributed by atoms with Crippen LogP contribution >= 0.6 is 11.6 Å². The Balaban J connectivity index is 2.14. The Morgan fingerprint density at radius 1 is 1.39 bits per heavy atom. The lowest BCUT2D eigenvalue weighted by molar-refractivity contribution is -0.136. The molecule has 0 fully saturated rings. The summed E-state index contributed by atoms with van der Waals surface area (Å²) in [5.74, 6) is 0.164. The van der Waals surface area contributed by atoms with Gasteiger partial charge >= 0.3 is 5.97 Å². The Morgan fingerprint density at radius 3 is 2.67 bits per heavy atom. The third-order valence-electron chi connectivity index (χ3n) is 2.52. The smallest absolute Gasteiger partial charge is 0.309 e. The van der Waals surface area contributed by atoms with E-state index >= 15 is 0 Å². The van der Waals surface area contributed by atoms with Crippen LogP contribution in [0.5, 0.6) is 0 Å². The number of carboxylic acid groups (broad SMARTS) is 1. The lowest BCUT2D eigenvalue weighted by atomic mass is 10.1. The van der Waals surface area contributed by atoms with E-state index < -0.39 is 5.97 Å². The van der Waals surface area contributed by atoms with Crippen molar-refractivity contribution in [1.82, 2.24) is 4.98 Å². The fourth-order valence-electron chi connectivity index (χ4n) is 1.65. The van der Waals surface area contributed by atoms with E-state index in [2.05, 4.69) is 4.98 Å². The van der Waals surface area contributed by atoms with Gasteiger partial charge in [-0.1, -0.05) is 23.7 Å². The molecule has 18 heavy (non-hydrogen) atoms. The van der Waals surface area contributed by atoms with Crippen LogP contribution in [0.4, 0.5) is 0 Å². The molecule has 0 saturated carbocycles. The van der Waals surface area contributed by atoms with Crippen molar-refractivity contribution in [1.29, 1.82) is 0 Å². The molecule has 0 unspecified atom stereocenters. The first-order chi connectivity index (χ1) is 8.54. The van der Waals surface area contributed by atoms with Crippen LogP contribution in [0.15, 0.2) is 28.7 Å². The predicted octanol–water partition coefficient (Wildman–Crippen LogP) is 2.85. The van der Waals surface area contributed by atoms with E-state index in [1.165, 1.54) is 0 Å². The zero-order chi connectivity index (χ0) is 13.1. The summed E-state index contributed by atoms with van der Waals surface area (Å²) in [4.78, 5) is 14.8. The third-order valence-corrected chi connectivity index (χ3v) is 2.78. The van der Waals surface area contributed by atoms with Crippen LogP contribution in [0.2, 0.25) is 5.02 Å². The first-order valence-corrected chi connectivity index (χ1v) is 5.84. The molecule has 0 aliphatic heterocycles. The highest BCUT2D eigenvalue weighted by molar-refractivity contribution is 6.30. The van der Waals surface area contributed by atoms with E-state index in [9.17, 15) is 4.79 Å². The van der Waals surface area contributed by atoms with Gasteiger partial charge in [-0.15, -0.1) is 0 Å². The van der Waals surface area contributed by atoms with Crippen LogP contribution in [0, 0.1) is 6.92 Å². The summed E-state index contributed by atoms with van der Waals surface area (Å²) in [6.45, 7) is 1.72. The molecule has 1 N–H and O–H groups in total. The van der Waals surface area contributed by atoms with E-state index in [-0.39, 0.29) is 6.42 Å². The molecule has 5 heteroatoms. The number of rotatable bonds is 4. The van der Waals surface area contributed by atoms with Crippen molar-refractivity contribution < 1.29 is 14.3 Å². The van der Waals surface area contributed by atoms with Crippen LogP contribution in [-0.2, 0) is 17.6 Å². The van der Waals surface area contributed by atoms with Gasteiger partial charge < -0.3 is 9.52 Å². The lowest BCUT2D eigenvalue weighted by Gasteiger charge is -1.97. The zero-order valence-electron chi connectivity index (χ0n) is 9.81. The van der Waals surface area contributed by atoms with E-state index in [0.717, 1.165) is 5.56 Å². The largest absolute Gasteiger partial charge is 0.481 e. The van der Waals surface area contributed by atoms with Gasteiger partial charge in [0.2, 0.25) is 0 Å². The number of aromatic nitrogens is 1. The Hall–Kier alpha value is -1.81. The number of hydrogen-bond donors (Lipinski definition) is 1. The molecule has 1 aromatic heterocycles. The second-order valence-corrected chi connectivity index (χ2v) is 4.42. The van der Waals surface area contributed by atoms with Crippen LogP contribution in [0.25, 0.3) is 0 Å². The van der Waals surface area contributed by atoms with Crippen molar-refractivity contribution in [2.24, 2.45) is 0 Å². The maximum absolute atomic E-state index is 10.6. The van der Waals surface area contributed by atoms with Gasteiger partial charge in [0.15, 0.2) is 5.89 Å². The molecule has 0 aliphatic rings. The van der Waals surface area contributed by atoms with E-state index in [4.69, 9.17) is 21.1 Å². The summed E-state index contributed by atoms with van der Waals surface area (Å²) in [5, 5.41) is 9.40. The minimum absolute atomic E-state index is 0.115. The van der Waals surface area contributed by atoms with Gasteiger partial charge in [-0.05, 0) is 24.6 Å². The number of aliphatic carboxylic acids is 1. The summed E-state index contributed by atoms with van der Waals surface area (Å²) in [7, 11) is 0. The minimum Gasteiger partial charge on any atom is -0.481 e. The van der Waals surface area contributed by atoms with Crippen molar-refractivity contribution in [2.75, 3.05) is 0 Å². The molecule has 0 radical (unpaired) electrons. The molecular weight excluding hydrogens is 254 g/mol. The van der Waals surface area contributed by atoms with E-state index in [0.29, 0.717) is 28.8 Å². The number of carboxylic acids is 1. The monoisotopic (exact) mass is 265 g/mol. The molecular formula is C13H12ClNO3. The number of oxazole rings is 1. The second-order valence-electron chi connectivity index (χ2n) is 3.98. The molecule has 94 valence electrons. The van der Waals surface area contributed by atoms with Crippen LogP contribution in [0.3, 0.4) is 0 Å². The number of aryl methyl sites for hydroxylation is 1. The molecule has 4 nitrogen and oxygen atoms in total. The number of benzene rings is 1. The highest BCUT2D eigenvalue weighted by Crippen LogP contribution is 2.16. The second kappa shape index (κ2) is 5.23. The van der Waals surface area contributed by atoms with Gasteiger partial charge in [0, 0.05) is 11.4 Å². The van der Waals surface area contributed by atoms with Crippen molar-refractivity contribution >= 4 is 17.6 Å². The van der Waals surface area contributed by atoms with E-state index in [1.54, 1.807) is 19.1 Å². The maximum Gasteiger partial charge on any atom is 0.309 e. The minimum atomic E-state index is -0.913. The standard InChI is InChI=1S/C13H12ClNO3/c1-8-11(7-13(16)17)15-12(18-8)6-9-2-4-10(14)5-3-9/h2-5H,6-7H2,1H3,(H,16,17). The van der Waals surface area contributed by atoms with Crippen molar-refractivity contribution in [3.63, 3.8) is 0 Å². The number of halogens is 1. The van der Waals surface area contributed by atoms with Crippen molar-refractivity contribution in [2.45, 2.75) is 19.8 Å². The normalized spacial score (nSPS) is 10.6. The highest BCUT2D eigenvalue weighted by atomic mass is 35.5. The van der Waals surface area contributed by atoms with Crippen molar-refractivity contribution in [3.8, 4) is 0 Å². The third kappa shape index (κ3) is 3.11. The van der Waals surface area contributed by atoms with Gasteiger partial charge in [-0.3, -0.25) is 4.79 Å². The van der Waals surface area contributed by atoms with Gasteiger partial charge in [0.05, 0.1) is 12.1 Å². The quantitative estimate of drug-likeness (QED) is 0.923. The van der Waals surface area contributed by atoms with E-state index in [1.807, 2.05) is 12.1 Å². The molecule has 0 bridgehead atoms. The van der Waals surface area contributed by atoms with Gasteiger partial charge in [-0.2, -0.15) is 0 Å². The summed E-state index contributed by atoms with van der Waals surface area (Å²) in [5.41, 5.74) is 1.49. The van der Waals surface area contributed by atoms with Gasteiger partial charge in [0.1, 0.15) is 5.76 Å². The summed E-state index contributed by atoms with van der Waals surface area (Å²) < 4.78 is 5.44. The fourth-order valence-corrected chi connectivity index (χ4v) is 1.77. The summed E-state index contributed by atoms with van der Waals surface area (Å²) in [6.07, 6.45) is 0.410. The Morgan fingerprint density at radius 2 is 2.06 bits per heavy atom. The number of nitrogens with zero attached hydrogens (tertiary/aromatic N) is 1. The molecule has 0 amide bonds. The molecule has 0 aliphatic carbocycles. The average Bonchev–Trinajstić information content (AvgIpc) is 2.62. The highest BCUT2D eigenvalue weighted by Gasteiger charge is 2.12. The molecule has 0 atom stereocenters. The Kier molecular flexibility index (Phi) is 3.67.